The SMILES string of the molecule is O=S(=O)(CCC1CCCNC1)C1CC1. The molecule has 1 N–H and O–H groups in total. The van der Waals surface area contributed by atoms with E-state index >= 15 is 0 Å². The van der Waals surface area contributed by atoms with Crippen molar-refractivity contribution < 1.29 is 8.42 Å². The van der Waals surface area contributed by atoms with Crippen LogP contribution in [0.15, 0.2) is 0 Å². The van der Waals surface area contributed by atoms with Crippen LogP contribution in [0.3, 0.4) is 0 Å². The molecule has 1 unspecified atom stereocenters. The van der Waals surface area contributed by atoms with Gasteiger partial charge in [-0.05, 0) is 51.1 Å². The van der Waals surface area contributed by atoms with Gasteiger partial charge in [0.1, 0.15) is 0 Å². The molecule has 82 valence electrons. The van der Waals surface area contributed by atoms with E-state index in [0.29, 0.717) is 11.7 Å². The van der Waals surface area contributed by atoms with Crippen molar-refractivity contribution in [2.24, 2.45) is 5.92 Å². The van der Waals surface area contributed by atoms with E-state index in [9.17, 15) is 8.42 Å². The van der Waals surface area contributed by atoms with Gasteiger partial charge in [-0.3, -0.25) is 0 Å². The quantitative estimate of drug-likeness (QED) is 0.762. The molecule has 0 aromatic heterocycles. The molecule has 1 heterocycles. The van der Waals surface area contributed by atoms with Crippen LogP contribution in [0, 0.1) is 5.92 Å². The number of hydrogen-bond donors (Lipinski definition) is 1. The standard InChI is InChI=1S/C10H19NO2S/c12-14(13,10-3-4-10)7-5-9-2-1-6-11-8-9/h9-11H,1-8H2. The third-order valence-electron chi connectivity index (χ3n) is 3.24. The van der Waals surface area contributed by atoms with Crippen molar-refractivity contribution >= 4 is 9.84 Å². The molecule has 0 bridgehead atoms. The summed E-state index contributed by atoms with van der Waals surface area (Å²) in [7, 11) is -2.71. The van der Waals surface area contributed by atoms with E-state index in [1.54, 1.807) is 0 Å². The average Bonchev–Trinajstić information content (AvgIpc) is 3.00. The Morgan fingerprint density at radius 1 is 1.21 bits per heavy atom. The van der Waals surface area contributed by atoms with Crippen molar-refractivity contribution in [2.75, 3.05) is 18.8 Å². The van der Waals surface area contributed by atoms with Crippen molar-refractivity contribution in [3.63, 3.8) is 0 Å². The molecule has 0 amide bonds. The van der Waals surface area contributed by atoms with Gasteiger partial charge in [0.25, 0.3) is 0 Å². The smallest absolute Gasteiger partial charge is 0.153 e. The summed E-state index contributed by atoms with van der Waals surface area (Å²) in [5.41, 5.74) is 0. The first-order valence-corrected chi connectivity index (χ1v) is 7.32. The third-order valence-corrected chi connectivity index (χ3v) is 5.53. The van der Waals surface area contributed by atoms with Crippen LogP contribution in [0.4, 0.5) is 0 Å². The summed E-state index contributed by atoms with van der Waals surface area (Å²) < 4.78 is 23.2. The molecule has 1 atom stereocenters. The van der Waals surface area contributed by atoms with Crippen LogP contribution in [-0.2, 0) is 9.84 Å². The first-order valence-electron chi connectivity index (χ1n) is 5.61. The molecule has 14 heavy (non-hydrogen) atoms. The Hall–Kier alpha value is -0.0900. The summed E-state index contributed by atoms with van der Waals surface area (Å²) in [6.07, 6.45) is 5.09. The predicted molar refractivity (Wildman–Crippen MR) is 57.0 cm³/mol. The highest BCUT2D eigenvalue weighted by molar-refractivity contribution is 7.92. The molecular formula is C10H19NO2S. The fourth-order valence-corrected chi connectivity index (χ4v) is 3.94. The van der Waals surface area contributed by atoms with Gasteiger partial charge in [-0.1, -0.05) is 0 Å². The lowest BCUT2D eigenvalue weighted by atomic mass is 9.97. The maximum atomic E-state index is 11.6. The minimum atomic E-state index is -2.71. The maximum Gasteiger partial charge on any atom is 0.153 e. The Kier molecular flexibility index (Phi) is 3.12. The zero-order valence-corrected chi connectivity index (χ0v) is 9.35. The van der Waals surface area contributed by atoms with E-state index in [4.69, 9.17) is 0 Å². The van der Waals surface area contributed by atoms with Crippen LogP contribution in [0.25, 0.3) is 0 Å². The first-order chi connectivity index (χ1) is 6.68. The summed E-state index contributed by atoms with van der Waals surface area (Å²) in [5.74, 6) is 1.02. The molecule has 0 radical (unpaired) electrons. The van der Waals surface area contributed by atoms with Crippen LogP contribution < -0.4 is 5.32 Å². The van der Waals surface area contributed by atoms with E-state index in [1.165, 1.54) is 12.8 Å². The van der Waals surface area contributed by atoms with Gasteiger partial charge in [0.15, 0.2) is 9.84 Å². The lowest BCUT2D eigenvalue weighted by Gasteiger charge is -2.22. The Bertz CT molecular complexity index is 276. The van der Waals surface area contributed by atoms with E-state index < -0.39 is 9.84 Å². The summed E-state index contributed by atoms with van der Waals surface area (Å²) in [6, 6.07) is 0. The fraction of sp³-hybridized carbons (Fsp3) is 1.00. The van der Waals surface area contributed by atoms with Gasteiger partial charge in [-0.25, -0.2) is 8.42 Å². The minimum Gasteiger partial charge on any atom is -0.316 e. The normalized spacial score (nSPS) is 29.0. The molecule has 1 aliphatic carbocycles. The molecule has 3 nitrogen and oxygen atoms in total. The molecule has 0 spiro atoms. The third kappa shape index (κ3) is 2.70. The van der Waals surface area contributed by atoms with Gasteiger partial charge in [0, 0.05) is 0 Å². The fourth-order valence-electron chi connectivity index (χ4n) is 2.10. The molecule has 1 saturated heterocycles. The Morgan fingerprint density at radius 2 is 2.00 bits per heavy atom. The van der Waals surface area contributed by atoms with Gasteiger partial charge in [0.05, 0.1) is 11.0 Å². The Morgan fingerprint density at radius 3 is 2.57 bits per heavy atom. The second kappa shape index (κ2) is 4.19. The molecule has 2 aliphatic rings. The van der Waals surface area contributed by atoms with E-state index in [0.717, 1.165) is 32.4 Å². The minimum absolute atomic E-state index is 0.0269. The first kappa shape index (κ1) is 10.4. The van der Waals surface area contributed by atoms with E-state index in [2.05, 4.69) is 5.32 Å². The van der Waals surface area contributed by atoms with Gasteiger partial charge >= 0.3 is 0 Å². The monoisotopic (exact) mass is 217 g/mol. The highest BCUT2D eigenvalue weighted by atomic mass is 32.2. The van der Waals surface area contributed by atoms with E-state index in [-0.39, 0.29) is 5.25 Å². The summed E-state index contributed by atoms with van der Waals surface area (Å²) in [5, 5.41) is 3.35. The van der Waals surface area contributed by atoms with Crippen molar-refractivity contribution in [1.82, 2.24) is 5.32 Å². The zero-order valence-electron chi connectivity index (χ0n) is 8.54. The molecule has 0 aromatic rings. The lowest BCUT2D eigenvalue weighted by molar-refractivity contribution is 0.369. The van der Waals surface area contributed by atoms with Crippen LogP contribution >= 0.6 is 0 Å². The van der Waals surface area contributed by atoms with Crippen molar-refractivity contribution in [3.8, 4) is 0 Å². The average molecular weight is 217 g/mol. The van der Waals surface area contributed by atoms with Crippen LogP contribution in [0.1, 0.15) is 32.1 Å². The summed E-state index contributed by atoms with van der Waals surface area (Å²) in [4.78, 5) is 0. The number of piperidine rings is 1. The molecule has 2 rings (SSSR count). The second-order valence-electron chi connectivity index (χ2n) is 4.57. The van der Waals surface area contributed by atoms with Gasteiger partial charge < -0.3 is 5.32 Å². The lowest BCUT2D eigenvalue weighted by Crippen LogP contribution is -2.31. The topological polar surface area (TPSA) is 46.2 Å². The summed E-state index contributed by atoms with van der Waals surface area (Å²) in [6.45, 7) is 2.12. The molecule has 0 aromatic carbocycles. The number of rotatable bonds is 4. The Labute approximate surface area is 86.2 Å². The van der Waals surface area contributed by atoms with Gasteiger partial charge in [-0.15, -0.1) is 0 Å². The van der Waals surface area contributed by atoms with Crippen molar-refractivity contribution in [3.05, 3.63) is 0 Å². The van der Waals surface area contributed by atoms with Gasteiger partial charge in [-0.2, -0.15) is 0 Å². The second-order valence-corrected chi connectivity index (χ2v) is 6.97. The number of hydrogen-bond acceptors (Lipinski definition) is 3. The molecule has 2 fully saturated rings. The van der Waals surface area contributed by atoms with Crippen molar-refractivity contribution in [2.45, 2.75) is 37.4 Å². The Balaban J connectivity index is 1.75. The zero-order chi connectivity index (χ0) is 10.0. The number of nitrogens with one attached hydrogen (secondary N) is 1. The largest absolute Gasteiger partial charge is 0.316 e. The van der Waals surface area contributed by atoms with Crippen molar-refractivity contribution in [1.29, 1.82) is 0 Å². The summed E-state index contributed by atoms with van der Waals surface area (Å²) >= 11 is 0. The molecule has 1 aliphatic heterocycles. The predicted octanol–water partition coefficient (Wildman–Crippen LogP) is 0.953. The molecular weight excluding hydrogens is 198 g/mol. The van der Waals surface area contributed by atoms with E-state index in [1.807, 2.05) is 0 Å². The molecule has 1 saturated carbocycles. The van der Waals surface area contributed by atoms with Crippen LogP contribution in [0.5, 0.6) is 0 Å². The van der Waals surface area contributed by atoms with Crippen LogP contribution in [0.2, 0.25) is 0 Å². The van der Waals surface area contributed by atoms with Gasteiger partial charge in [0.2, 0.25) is 0 Å². The highest BCUT2D eigenvalue weighted by Crippen LogP contribution is 2.30. The highest BCUT2D eigenvalue weighted by Gasteiger charge is 2.35. The number of sulfone groups is 1. The molecule has 4 heteroatoms. The maximum absolute atomic E-state index is 11.6. The van der Waals surface area contributed by atoms with Crippen LogP contribution in [-0.4, -0.2) is 32.5 Å².